The maximum Gasteiger partial charge on any atom is 0.207 e. The summed E-state index contributed by atoms with van der Waals surface area (Å²) in [5.41, 5.74) is 6.44. The van der Waals surface area contributed by atoms with Gasteiger partial charge in [0.2, 0.25) is 11.5 Å². The smallest absolute Gasteiger partial charge is 0.207 e. The molecule has 0 fully saturated rings. The fraction of sp³-hybridized carbons (Fsp3) is 0.618. The van der Waals surface area contributed by atoms with Crippen molar-refractivity contribution in [1.82, 2.24) is 0 Å². The molecule has 1 heterocycles. The highest BCUT2D eigenvalue weighted by atomic mass is 16.6. The number of rotatable bonds is 19. The van der Waals surface area contributed by atoms with Crippen LogP contribution in [0.25, 0.3) is 0 Å². The first-order valence-corrected chi connectivity index (χ1v) is 15.5. The summed E-state index contributed by atoms with van der Waals surface area (Å²) in [5, 5.41) is 10.5. The van der Waals surface area contributed by atoms with Crippen LogP contribution in [0, 0.1) is 11.3 Å². The van der Waals surface area contributed by atoms with Gasteiger partial charge in [0.1, 0.15) is 12.7 Å². The summed E-state index contributed by atoms with van der Waals surface area (Å²) < 4.78 is 36.1. The molecule has 42 heavy (non-hydrogen) atoms. The first-order valence-electron chi connectivity index (χ1n) is 15.5. The minimum absolute atomic E-state index is 0.0839. The number of ether oxygens (including phenoxy) is 6. The number of nitrogens with zero attached hydrogens (tertiary/aromatic N) is 1. The Morgan fingerprint density at radius 3 is 2.26 bits per heavy atom. The lowest BCUT2D eigenvalue weighted by molar-refractivity contribution is 0.0789. The van der Waals surface area contributed by atoms with E-state index in [9.17, 15) is 5.26 Å². The van der Waals surface area contributed by atoms with Gasteiger partial charge in [0.25, 0.3) is 0 Å². The van der Waals surface area contributed by atoms with Crippen molar-refractivity contribution in [3.63, 3.8) is 0 Å². The second kappa shape index (κ2) is 17.0. The highest BCUT2D eigenvalue weighted by molar-refractivity contribution is 5.65. The fourth-order valence-electron chi connectivity index (χ4n) is 5.30. The molecule has 2 aromatic rings. The molecule has 8 nitrogen and oxygen atoms in total. The molecule has 3 atom stereocenters. The average Bonchev–Trinajstić information content (AvgIpc) is 3.00. The van der Waals surface area contributed by atoms with Gasteiger partial charge in [-0.25, -0.2) is 0 Å². The minimum Gasteiger partial charge on any atom is -0.490 e. The van der Waals surface area contributed by atoms with Gasteiger partial charge in [0, 0.05) is 18.0 Å². The first kappa shape index (κ1) is 33.2. The number of para-hydroxylation sites is 2. The Hall–Kier alpha value is -3.31. The number of nitriles is 1. The van der Waals surface area contributed by atoms with Crippen molar-refractivity contribution in [3.8, 4) is 40.6 Å². The highest BCUT2D eigenvalue weighted by Crippen LogP contribution is 2.51. The summed E-state index contributed by atoms with van der Waals surface area (Å²) in [6, 6.07) is 12.1. The van der Waals surface area contributed by atoms with Gasteiger partial charge in [-0.15, -0.1) is 0 Å². The Morgan fingerprint density at radius 2 is 1.62 bits per heavy atom. The van der Waals surface area contributed by atoms with Gasteiger partial charge in [-0.05, 0) is 57.2 Å². The summed E-state index contributed by atoms with van der Waals surface area (Å²) in [6.07, 6.45) is 8.84. The molecule has 2 N–H and O–H groups in total. The van der Waals surface area contributed by atoms with Crippen molar-refractivity contribution >= 4 is 0 Å². The van der Waals surface area contributed by atoms with E-state index in [4.69, 9.17) is 34.2 Å². The van der Waals surface area contributed by atoms with Crippen molar-refractivity contribution < 1.29 is 28.4 Å². The molecule has 0 saturated heterocycles. The van der Waals surface area contributed by atoms with Crippen LogP contribution in [-0.2, 0) is 5.41 Å². The number of methoxy groups -OCH3 is 2. The van der Waals surface area contributed by atoms with Crippen molar-refractivity contribution in [2.45, 2.75) is 103 Å². The molecule has 3 rings (SSSR count). The van der Waals surface area contributed by atoms with Crippen molar-refractivity contribution in [1.29, 1.82) is 5.26 Å². The number of hydrogen-bond acceptors (Lipinski definition) is 8. The SMILES string of the molecule is CCCCCOc1cc(C(C)(C#N)CCCC(N)CC2COc3ccccc3O2)c(OCCCCC)c(OC)c1OC. The monoisotopic (exact) mass is 582 g/mol. The molecule has 232 valence electrons. The number of benzene rings is 2. The topological polar surface area (TPSA) is 105 Å². The first-order chi connectivity index (χ1) is 20.4. The van der Waals surface area contributed by atoms with Gasteiger partial charge in [0.05, 0.1) is 38.9 Å². The number of fused-ring (bicyclic) bond motifs is 1. The Balaban J connectivity index is 1.77. The van der Waals surface area contributed by atoms with Crippen LogP contribution in [0.1, 0.15) is 90.5 Å². The van der Waals surface area contributed by atoms with E-state index in [1.54, 1.807) is 14.2 Å². The summed E-state index contributed by atoms with van der Waals surface area (Å²) >= 11 is 0. The second-order valence-corrected chi connectivity index (χ2v) is 11.3. The summed E-state index contributed by atoms with van der Waals surface area (Å²) in [6.45, 7) is 7.82. The third kappa shape index (κ3) is 8.84. The Kier molecular flexibility index (Phi) is 13.4. The largest absolute Gasteiger partial charge is 0.490 e. The molecule has 0 saturated carbocycles. The summed E-state index contributed by atoms with van der Waals surface area (Å²) in [7, 11) is 3.20. The third-order valence-corrected chi connectivity index (χ3v) is 7.79. The van der Waals surface area contributed by atoms with Crippen LogP contribution in [0.5, 0.6) is 34.5 Å². The van der Waals surface area contributed by atoms with Crippen LogP contribution in [0.3, 0.4) is 0 Å². The lowest BCUT2D eigenvalue weighted by Crippen LogP contribution is -2.36. The maximum absolute atomic E-state index is 10.5. The van der Waals surface area contributed by atoms with E-state index in [1.807, 2.05) is 37.3 Å². The fourth-order valence-corrected chi connectivity index (χ4v) is 5.30. The zero-order valence-electron chi connectivity index (χ0n) is 26.2. The standard InChI is InChI=1S/C34H50N2O6/c1-6-8-12-19-39-30-22-27(31(40-20-13-9-7-2)33(38-5)32(30)37-4)34(3,24-35)18-14-15-25(36)21-26-23-41-28-16-10-11-17-29(28)42-26/h10-11,16-17,22,25-26H,6-9,12-15,18-21,23,36H2,1-5H3. The quantitative estimate of drug-likeness (QED) is 0.171. The van der Waals surface area contributed by atoms with Crippen molar-refractivity contribution in [3.05, 3.63) is 35.9 Å². The van der Waals surface area contributed by atoms with Gasteiger partial charge < -0.3 is 34.2 Å². The molecule has 2 aromatic carbocycles. The zero-order chi connectivity index (χ0) is 30.4. The van der Waals surface area contributed by atoms with E-state index >= 15 is 0 Å². The van der Waals surface area contributed by atoms with Crippen LogP contribution in [-0.4, -0.2) is 46.2 Å². The van der Waals surface area contributed by atoms with E-state index in [1.165, 1.54) is 0 Å². The van der Waals surface area contributed by atoms with Gasteiger partial charge >= 0.3 is 0 Å². The predicted octanol–water partition coefficient (Wildman–Crippen LogP) is 7.35. The van der Waals surface area contributed by atoms with Crippen LogP contribution in [0.4, 0.5) is 0 Å². The minimum atomic E-state index is -0.857. The van der Waals surface area contributed by atoms with Gasteiger partial charge in [0.15, 0.2) is 23.0 Å². The van der Waals surface area contributed by atoms with Crippen LogP contribution in [0.2, 0.25) is 0 Å². The maximum atomic E-state index is 10.5. The number of hydrogen-bond donors (Lipinski definition) is 1. The molecule has 0 spiro atoms. The van der Waals surface area contributed by atoms with E-state index in [-0.39, 0.29) is 12.1 Å². The van der Waals surface area contributed by atoms with Crippen LogP contribution < -0.4 is 34.2 Å². The van der Waals surface area contributed by atoms with E-state index < -0.39 is 5.41 Å². The molecule has 8 heteroatoms. The van der Waals surface area contributed by atoms with Gasteiger partial charge in [-0.3, -0.25) is 0 Å². The lowest BCUT2D eigenvalue weighted by atomic mass is 9.78. The number of nitrogens with two attached hydrogens (primary N) is 1. The summed E-state index contributed by atoms with van der Waals surface area (Å²) in [5.74, 6) is 3.58. The van der Waals surface area contributed by atoms with Crippen LogP contribution in [0.15, 0.2) is 30.3 Å². The lowest BCUT2D eigenvalue weighted by Gasteiger charge is -2.29. The predicted molar refractivity (Wildman–Crippen MR) is 165 cm³/mol. The zero-order valence-corrected chi connectivity index (χ0v) is 26.2. The molecule has 0 radical (unpaired) electrons. The van der Waals surface area contributed by atoms with E-state index in [0.29, 0.717) is 55.7 Å². The number of unbranched alkanes of at least 4 members (excludes halogenated alkanes) is 4. The average molecular weight is 583 g/mol. The molecule has 0 aromatic heterocycles. The van der Waals surface area contributed by atoms with Gasteiger partial charge in [-0.1, -0.05) is 51.7 Å². The normalized spacial score (nSPS) is 16.2. The summed E-state index contributed by atoms with van der Waals surface area (Å²) in [4.78, 5) is 0. The van der Waals surface area contributed by atoms with E-state index in [0.717, 1.165) is 68.4 Å². The highest BCUT2D eigenvalue weighted by Gasteiger charge is 2.35. The third-order valence-electron chi connectivity index (χ3n) is 7.79. The van der Waals surface area contributed by atoms with E-state index in [2.05, 4.69) is 19.9 Å². The molecule has 0 bridgehead atoms. The van der Waals surface area contributed by atoms with Gasteiger partial charge in [-0.2, -0.15) is 5.26 Å². The van der Waals surface area contributed by atoms with Crippen molar-refractivity contribution in [2.24, 2.45) is 5.73 Å². The van der Waals surface area contributed by atoms with Crippen molar-refractivity contribution in [2.75, 3.05) is 34.0 Å². The molecule has 0 aliphatic carbocycles. The molecule has 3 unspecified atom stereocenters. The molecule has 0 amide bonds. The van der Waals surface area contributed by atoms with Crippen LogP contribution >= 0.6 is 0 Å². The molecule has 1 aliphatic heterocycles. The Labute approximate surface area is 252 Å². The molecular weight excluding hydrogens is 532 g/mol. The second-order valence-electron chi connectivity index (χ2n) is 11.3. The molecular formula is C34H50N2O6. The Morgan fingerprint density at radius 1 is 0.952 bits per heavy atom. The Bertz CT molecular complexity index is 1150. The molecule has 1 aliphatic rings.